The van der Waals surface area contributed by atoms with Crippen LogP contribution in [0.5, 0.6) is 0 Å². The Morgan fingerprint density at radius 3 is 2.74 bits per heavy atom. The van der Waals surface area contributed by atoms with Crippen LogP contribution in [0.1, 0.15) is 13.8 Å². The van der Waals surface area contributed by atoms with Gasteiger partial charge in [-0.25, -0.2) is 28.1 Å². The summed E-state index contributed by atoms with van der Waals surface area (Å²) >= 11 is 0. The molecule has 0 amide bonds. The smallest absolute Gasteiger partial charge is 0.209 e. The second-order valence-electron chi connectivity index (χ2n) is 4.94. The number of hydrogen-bond donors (Lipinski definition) is 3. The van der Waals surface area contributed by atoms with Crippen LogP contribution in [-0.2, 0) is 10.0 Å². The van der Waals surface area contributed by atoms with Crippen molar-refractivity contribution in [1.82, 2.24) is 24.7 Å². The van der Waals surface area contributed by atoms with E-state index in [1.54, 1.807) is 13.8 Å². The molecule has 2 aromatic heterocycles. The molecular formula is C10H16N6O2S. The Balaban J connectivity index is 2.12. The molecule has 0 aromatic carbocycles. The highest BCUT2D eigenvalue weighted by atomic mass is 32.2. The molecule has 104 valence electrons. The van der Waals surface area contributed by atoms with Gasteiger partial charge in [-0.15, -0.1) is 0 Å². The first-order valence-corrected chi connectivity index (χ1v) is 7.53. The van der Waals surface area contributed by atoms with Crippen molar-refractivity contribution >= 4 is 27.0 Å². The van der Waals surface area contributed by atoms with E-state index in [0.29, 0.717) is 23.5 Å². The predicted molar refractivity (Wildman–Crippen MR) is 72.2 cm³/mol. The first-order valence-electron chi connectivity index (χ1n) is 5.64. The number of rotatable bonds is 5. The Hall–Kier alpha value is -1.74. The molecule has 0 atom stereocenters. The van der Waals surface area contributed by atoms with Crippen molar-refractivity contribution in [3.05, 3.63) is 12.7 Å². The van der Waals surface area contributed by atoms with Crippen LogP contribution in [0.15, 0.2) is 12.7 Å². The first kappa shape index (κ1) is 13.7. The number of nitrogens with one attached hydrogen (secondary N) is 3. The van der Waals surface area contributed by atoms with Gasteiger partial charge in [-0.2, -0.15) is 0 Å². The second kappa shape index (κ2) is 4.74. The van der Waals surface area contributed by atoms with Crippen molar-refractivity contribution in [3.63, 3.8) is 0 Å². The van der Waals surface area contributed by atoms with Crippen molar-refractivity contribution in [2.24, 2.45) is 0 Å². The molecule has 2 aromatic rings. The zero-order valence-electron chi connectivity index (χ0n) is 10.9. The Labute approximate surface area is 111 Å². The molecule has 0 saturated heterocycles. The highest BCUT2D eigenvalue weighted by Crippen LogP contribution is 2.15. The number of sulfonamides is 1. The summed E-state index contributed by atoms with van der Waals surface area (Å²) < 4.78 is 25.0. The molecule has 8 nitrogen and oxygen atoms in total. The van der Waals surface area contributed by atoms with Crippen LogP contribution in [0.2, 0.25) is 0 Å². The minimum atomic E-state index is -3.26. The fourth-order valence-electron chi connectivity index (χ4n) is 1.74. The van der Waals surface area contributed by atoms with Gasteiger partial charge in [0.1, 0.15) is 11.8 Å². The van der Waals surface area contributed by atoms with Gasteiger partial charge < -0.3 is 10.3 Å². The molecule has 9 heteroatoms. The molecule has 0 fully saturated rings. The molecule has 0 aliphatic heterocycles. The molecule has 0 saturated carbocycles. The molecule has 2 rings (SSSR count). The lowest BCUT2D eigenvalue weighted by molar-refractivity contribution is 0.476. The number of fused-ring (bicyclic) bond motifs is 1. The lowest BCUT2D eigenvalue weighted by Gasteiger charge is -2.25. The minimum absolute atomic E-state index is 0.380. The minimum Gasteiger partial charge on any atom is -0.366 e. The summed E-state index contributed by atoms with van der Waals surface area (Å²) in [5.74, 6) is 0.589. The Morgan fingerprint density at radius 1 is 1.32 bits per heavy atom. The molecule has 0 aliphatic rings. The van der Waals surface area contributed by atoms with Crippen molar-refractivity contribution in [3.8, 4) is 0 Å². The van der Waals surface area contributed by atoms with E-state index in [2.05, 4.69) is 30.0 Å². The summed E-state index contributed by atoms with van der Waals surface area (Å²) in [6.07, 6.45) is 4.07. The number of H-pyrrole nitrogens is 1. The third kappa shape index (κ3) is 3.61. The lowest BCUT2D eigenvalue weighted by Crippen LogP contribution is -2.47. The van der Waals surface area contributed by atoms with Crippen LogP contribution in [0.3, 0.4) is 0 Å². The van der Waals surface area contributed by atoms with Crippen LogP contribution in [0.4, 0.5) is 5.82 Å². The molecule has 0 radical (unpaired) electrons. The van der Waals surface area contributed by atoms with E-state index in [4.69, 9.17) is 0 Å². The van der Waals surface area contributed by atoms with Crippen LogP contribution in [-0.4, -0.2) is 46.7 Å². The maximum atomic E-state index is 11.2. The molecule has 0 aliphatic carbocycles. The predicted octanol–water partition coefficient (Wildman–Crippen LogP) is 0.0926. The number of hydrogen-bond acceptors (Lipinski definition) is 6. The van der Waals surface area contributed by atoms with Crippen molar-refractivity contribution in [1.29, 1.82) is 0 Å². The van der Waals surface area contributed by atoms with Crippen molar-refractivity contribution in [2.75, 3.05) is 18.1 Å². The molecule has 0 unspecified atom stereocenters. The van der Waals surface area contributed by atoms with Gasteiger partial charge in [-0.05, 0) is 13.8 Å². The normalized spacial score (nSPS) is 12.8. The van der Waals surface area contributed by atoms with Crippen LogP contribution in [0.25, 0.3) is 11.2 Å². The Morgan fingerprint density at radius 2 is 2.05 bits per heavy atom. The van der Waals surface area contributed by atoms with E-state index in [1.165, 1.54) is 12.7 Å². The van der Waals surface area contributed by atoms with E-state index < -0.39 is 15.6 Å². The molecule has 2 heterocycles. The van der Waals surface area contributed by atoms with Gasteiger partial charge in [-0.1, -0.05) is 0 Å². The average molecular weight is 284 g/mol. The third-order valence-electron chi connectivity index (χ3n) is 2.38. The standard InChI is InChI=1S/C10H16N6O2S/c1-10(2,16-19(3,17)18)4-11-8-7-9(13-5-12-7)15-6-14-8/h5-6,16H,4H2,1-3H3,(H2,11,12,13,14,15). The Bertz CT molecular complexity index is 678. The molecular weight excluding hydrogens is 268 g/mol. The fourth-order valence-corrected chi connectivity index (χ4v) is 2.82. The van der Waals surface area contributed by atoms with Gasteiger partial charge in [0.05, 0.1) is 12.6 Å². The van der Waals surface area contributed by atoms with Gasteiger partial charge in [-0.3, -0.25) is 0 Å². The highest BCUT2D eigenvalue weighted by molar-refractivity contribution is 7.88. The Kier molecular flexibility index (Phi) is 3.42. The molecule has 3 N–H and O–H groups in total. The third-order valence-corrected chi connectivity index (χ3v) is 3.31. The van der Waals surface area contributed by atoms with E-state index in [1.807, 2.05) is 0 Å². The van der Waals surface area contributed by atoms with E-state index in [0.717, 1.165) is 6.26 Å². The molecule has 0 bridgehead atoms. The van der Waals surface area contributed by atoms with Crippen LogP contribution >= 0.6 is 0 Å². The van der Waals surface area contributed by atoms with Crippen LogP contribution in [0, 0.1) is 0 Å². The highest BCUT2D eigenvalue weighted by Gasteiger charge is 2.22. The zero-order chi connectivity index (χ0) is 14.1. The number of anilines is 1. The fraction of sp³-hybridized carbons (Fsp3) is 0.500. The maximum Gasteiger partial charge on any atom is 0.209 e. The summed E-state index contributed by atoms with van der Waals surface area (Å²) in [6.45, 7) is 3.95. The van der Waals surface area contributed by atoms with Gasteiger partial charge in [0.15, 0.2) is 11.5 Å². The zero-order valence-corrected chi connectivity index (χ0v) is 11.7. The van der Waals surface area contributed by atoms with E-state index in [-0.39, 0.29) is 0 Å². The summed E-state index contributed by atoms with van der Waals surface area (Å²) in [6, 6.07) is 0. The monoisotopic (exact) mass is 284 g/mol. The number of nitrogens with zero attached hydrogens (tertiary/aromatic N) is 3. The van der Waals surface area contributed by atoms with Gasteiger partial charge >= 0.3 is 0 Å². The summed E-state index contributed by atoms with van der Waals surface area (Å²) in [4.78, 5) is 15.1. The van der Waals surface area contributed by atoms with Crippen LogP contribution < -0.4 is 10.0 Å². The van der Waals surface area contributed by atoms with Crippen molar-refractivity contribution < 1.29 is 8.42 Å². The number of aromatic amines is 1. The van der Waals surface area contributed by atoms with Crippen molar-refractivity contribution in [2.45, 2.75) is 19.4 Å². The lowest BCUT2D eigenvalue weighted by atomic mass is 10.1. The van der Waals surface area contributed by atoms with Gasteiger partial charge in [0.25, 0.3) is 0 Å². The van der Waals surface area contributed by atoms with Gasteiger partial charge in [0, 0.05) is 12.1 Å². The molecule has 0 spiro atoms. The van der Waals surface area contributed by atoms with E-state index >= 15 is 0 Å². The number of aromatic nitrogens is 4. The topological polar surface area (TPSA) is 113 Å². The SMILES string of the molecule is CC(C)(CNc1ncnc2nc[nH]c12)NS(C)(=O)=O. The quantitative estimate of drug-likeness (QED) is 0.717. The first-order chi connectivity index (χ1) is 8.77. The summed E-state index contributed by atoms with van der Waals surface area (Å²) in [5.41, 5.74) is 0.620. The maximum absolute atomic E-state index is 11.2. The second-order valence-corrected chi connectivity index (χ2v) is 6.68. The largest absolute Gasteiger partial charge is 0.366 e. The van der Waals surface area contributed by atoms with E-state index in [9.17, 15) is 8.42 Å². The van der Waals surface area contributed by atoms with Gasteiger partial charge in [0.2, 0.25) is 10.0 Å². The number of imidazole rings is 1. The summed E-state index contributed by atoms with van der Waals surface area (Å²) in [5, 5.41) is 3.09. The average Bonchev–Trinajstić information content (AvgIpc) is 2.71. The summed E-state index contributed by atoms with van der Waals surface area (Å²) in [7, 11) is -3.26. The molecule has 19 heavy (non-hydrogen) atoms.